The molecule has 0 radical (unpaired) electrons. The molecule has 0 saturated heterocycles. The molecule has 0 bridgehead atoms. The molecule has 1 aliphatic rings. The molecule has 0 heterocycles. The zero-order chi connectivity index (χ0) is 7.82. The van der Waals surface area contributed by atoms with Crippen LogP contribution in [-0.4, -0.2) is 0 Å². The Hall–Kier alpha value is 0.683. The Labute approximate surface area is 73.4 Å². The van der Waals surface area contributed by atoms with Crippen molar-refractivity contribution in [1.82, 2.24) is 0 Å². The molecule has 2 nitrogen and oxygen atoms in total. The van der Waals surface area contributed by atoms with Gasteiger partial charge in [0.25, 0.3) is 0 Å². The summed E-state index contributed by atoms with van der Waals surface area (Å²) in [5.74, 6) is 0. The monoisotopic (exact) mass is 210 g/mol. The SMILES string of the molecule is O=P[O-].[Zn+][CH]1CCCCC1. The van der Waals surface area contributed by atoms with Gasteiger partial charge in [-0.05, 0) is 0 Å². The molecule has 54 valence electrons. The van der Waals surface area contributed by atoms with Crippen LogP contribution >= 0.6 is 8.69 Å². The van der Waals surface area contributed by atoms with Gasteiger partial charge in [-0.2, -0.15) is 0 Å². The third-order valence-electron chi connectivity index (χ3n) is 1.72. The topological polar surface area (TPSA) is 40.1 Å². The Morgan fingerprint density at radius 2 is 1.70 bits per heavy atom. The van der Waals surface area contributed by atoms with Crippen molar-refractivity contribution in [3.05, 3.63) is 0 Å². The Morgan fingerprint density at radius 3 is 1.90 bits per heavy atom. The molecule has 0 aromatic rings. The minimum atomic E-state index is -1.08. The van der Waals surface area contributed by atoms with Crippen LogP contribution in [0.25, 0.3) is 0 Å². The molecule has 0 aromatic heterocycles. The van der Waals surface area contributed by atoms with E-state index in [2.05, 4.69) is 0 Å². The summed E-state index contributed by atoms with van der Waals surface area (Å²) < 4.78 is 9.51. The van der Waals surface area contributed by atoms with Gasteiger partial charge in [-0.1, -0.05) is 0 Å². The summed E-state index contributed by atoms with van der Waals surface area (Å²) in [6, 6.07) is 0. The molecule has 1 fully saturated rings. The molecule has 0 amide bonds. The van der Waals surface area contributed by atoms with Gasteiger partial charge in [-0.25, -0.2) is 0 Å². The van der Waals surface area contributed by atoms with Gasteiger partial charge in [0.1, 0.15) is 0 Å². The molecule has 1 rings (SSSR count). The Balaban J connectivity index is 0.000000236. The Morgan fingerprint density at radius 1 is 1.30 bits per heavy atom. The van der Waals surface area contributed by atoms with E-state index in [1.165, 1.54) is 19.3 Å². The van der Waals surface area contributed by atoms with Crippen LogP contribution in [0.4, 0.5) is 0 Å². The normalized spacial score (nSPS) is 19.9. The van der Waals surface area contributed by atoms with Crippen molar-refractivity contribution in [2.24, 2.45) is 0 Å². The quantitative estimate of drug-likeness (QED) is 0.453. The maximum atomic E-state index is 8.35. The van der Waals surface area contributed by atoms with Crippen molar-refractivity contribution in [3.8, 4) is 0 Å². The summed E-state index contributed by atoms with van der Waals surface area (Å²) in [5, 5.41) is 0. The van der Waals surface area contributed by atoms with Gasteiger partial charge in [0.15, 0.2) is 0 Å². The van der Waals surface area contributed by atoms with E-state index in [4.69, 9.17) is 9.46 Å². The van der Waals surface area contributed by atoms with Gasteiger partial charge in [-0.3, -0.25) is 4.57 Å². The summed E-state index contributed by atoms with van der Waals surface area (Å²) in [6.45, 7) is 0. The van der Waals surface area contributed by atoms with Gasteiger partial charge in [-0.15, -0.1) is 0 Å². The summed E-state index contributed by atoms with van der Waals surface area (Å²) in [6.07, 6.45) is 7.63. The van der Waals surface area contributed by atoms with Crippen molar-refractivity contribution in [1.29, 1.82) is 0 Å². The van der Waals surface area contributed by atoms with E-state index >= 15 is 0 Å². The maximum absolute atomic E-state index is 8.35. The predicted molar refractivity (Wildman–Crippen MR) is 34.4 cm³/mol. The fraction of sp³-hybridized carbons (Fsp3) is 1.00. The second-order valence-corrected chi connectivity index (χ2v) is 5.15. The van der Waals surface area contributed by atoms with E-state index in [0.29, 0.717) is 0 Å². The average molecular weight is 212 g/mol. The number of hydrogen-bond acceptors (Lipinski definition) is 2. The van der Waals surface area contributed by atoms with Crippen LogP contribution in [0, 0.1) is 0 Å². The molecule has 0 aromatic carbocycles. The molecule has 0 atom stereocenters. The van der Waals surface area contributed by atoms with E-state index in [0.717, 1.165) is 4.51 Å². The molecule has 0 unspecified atom stereocenters. The van der Waals surface area contributed by atoms with Crippen LogP contribution in [0.5, 0.6) is 0 Å². The van der Waals surface area contributed by atoms with E-state index in [9.17, 15) is 0 Å². The van der Waals surface area contributed by atoms with Crippen LogP contribution in [0.2, 0.25) is 4.51 Å². The van der Waals surface area contributed by atoms with Gasteiger partial charge in [0, 0.05) is 0 Å². The van der Waals surface area contributed by atoms with Crippen molar-refractivity contribution in [2.75, 3.05) is 0 Å². The summed E-state index contributed by atoms with van der Waals surface area (Å²) in [4.78, 5) is 8.35. The molecular formula is C6H11O2PZn. The van der Waals surface area contributed by atoms with E-state index in [1.807, 2.05) is 0 Å². The molecule has 4 heteroatoms. The van der Waals surface area contributed by atoms with Crippen LogP contribution in [-0.2, 0) is 22.9 Å². The van der Waals surface area contributed by atoms with Crippen LogP contribution < -0.4 is 4.89 Å². The molecule has 0 aliphatic heterocycles. The van der Waals surface area contributed by atoms with Crippen molar-refractivity contribution < 1.29 is 27.8 Å². The molecule has 1 aliphatic carbocycles. The minimum absolute atomic E-state index is 1.08. The van der Waals surface area contributed by atoms with Gasteiger partial charge >= 0.3 is 54.9 Å². The van der Waals surface area contributed by atoms with Crippen molar-refractivity contribution >= 4 is 8.69 Å². The first kappa shape index (κ1) is 10.7. The zero-order valence-electron chi connectivity index (χ0n) is 6.08. The first-order chi connectivity index (χ1) is 4.81. The number of hydrogen-bond donors (Lipinski definition) is 0. The third kappa shape index (κ3) is 6.80. The summed E-state index contributed by atoms with van der Waals surface area (Å²) >= 11 is 1.54. The van der Waals surface area contributed by atoms with Crippen LogP contribution in [0.3, 0.4) is 0 Å². The average Bonchev–Trinajstić information content (AvgIpc) is 1.91. The second-order valence-electron chi connectivity index (χ2n) is 2.58. The van der Waals surface area contributed by atoms with Crippen molar-refractivity contribution in [3.63, 3.8) is 0 Å². The summed E-state index contributed by atoms with van der Waals surface area (Å²) in [5.41, 5.74) is 0. The van der Waals surface area contributed by atoms with Gasteiger partial charge in [0.2, 0.25) is 0 Å². The molecular weight excluding hydrogens is 200 g/mol. The van der Waals surface area contributed by atoms with Gasteiger partial charge < -0.3 is 4.89 Å². The molecule has 0 spiro atoms. The fourth-order valence-corrected chi connectivity index (χ4v) is 2.40. The fourth-order valence-electron chi connectivity index (χ4n) is 1.19. The Bertz CT molecular complexity index is 83.8. The zero-order valence-corrected chi connectivity index (χ0v) is 9.95. The molecule has 1 saturated carbocycles. The summed E-state index contributed by atoms with van der Waals surface area (Å²) in [7, 11) is -1.08. The second kappa shape index (κ2) is 7.79. The Kier molecular flexibility index (Phi) is 8.32. The van der Waals surface area contributed by atoms with Gasteiger partial charge in [0.05, 0.1) is 8.69 Å². The third-order valence-corrected chi connectivity index (χ3v) is 3.44. The van der Waals surface area contributed by atoms with Crippen molar-refractivity contribution in [2.45, 2.75) is 36.6 Å². The first-order valence-corrected chi connectivity index (χ1v) is 6.03. The predicted octanol–water partition coefficient (Wildman–Crippen LogP) is 1.84. The van der Waals surface area contributed by atoms with Crippen LogP contribution in [0.1, 0.15) is 32.1 Å². The van der Waals surface area contributed by atoms with E-state index in [1.54, 1.807) is 31.1 Å². The number of rotatable bonds is 0. The molecule has 0 N–H and O–H groups in total. The van der Waals surface area contributed by atoms with E-state index in [-0.39, 0.29) is 0 Å². The van der Waals surface area contributed by atoms with E-state index < -0.39 is 8.69 Å². The van der Waals surface area contributed by atoms with Crippen LogP contribution in [0.15, 0.2) is 0 Å². The first-order valence-electron chi connectivity index (χ1n) is 3.59. The standard InChI is InChI=1S/C6H11.HO2P.Zn/c1-2-4-6-5-3-1;1-3-2;/h1H,2-6H2;(H,1,2);/q;;+1/p-1. The molecule has 10 heavy (non-hydrogen) atoms.